The molecule has 122 valence electrons. The van der Waals surface area contributed by atoms with Crippen molar-refractivity contribution in [3.63, 3.8) is 0 Å². The van der Waals surface area contributed by atoms with E-state index >= 15 is 0 Å². The van der Waals surface area contributed by atoms with Crippen molar-refractivity contribution >= 4 is 28.9 Å². The Kier molecular flexibility index (Phi) is 6.02. The third-order valence-electron chi connectivity index (χ3n) is 3.73. The summed E-state index contributed by atoms with van der Waals surface area (Å²) in [6.45, 7) is 2.67. The summed E-state index contributed by atoms with van der Waals surface area (Å²) in [6, 6.07) is 15.1. The van der Waals surface area contributed by atoms with Crippen LogP contribution in [0.15, 0.2) is 48.5 Å². The Bertz CT molecular complexity index is 656. The number of likely N-dealkylation sites (N-methyl/N-ethyl adjacent to an activating group) is 1. The molecule has 0 heterocycles. The Morgan fingerprint density at radius 1 is 1.13 bits per heavy atom. The van der Waals surface area contributed by atoms with Gasteiger partial charge in [0.1, 0.15) is 0 Å². The highest BCUT2D eigenvalue weighted by Gasteiger charge is 2.13. The fraction of sp³-hybridized carbons (Fsp3) is 0.278. The summed E-state index contributed by atoms with van der Waals surface area (Å²) >= 11 is 5.90. The number of nitrogens with one attached hydrogen (secondary N) is 2. The second-order valence-corrected chi connectivity index (χ2v) is 6.14. The van der Waals surface area contributed by atoms with Crippen LogP contribution in [-0.2, 0) is 0 Å². The maximum absolute atomic E-state index is 12.4. The van der Waals surface area contributed by atoms with E-state index in [0.717, 1.165) is 11.4 Å². The molecule has 1 atom stereocenters. The molecule has 5 heteroatoms. The Morgan fingerprint density at radius 2 is 1.78 bits per heavy atom. The van der Waals surface area contributed by atoms with E-state index in [1.165, 1.54) is 0 Å². The number of hydrogen-bond donors (Lipinski definition) is 2. The van der Waals surface area contributed by atoms with Crippen LogP contribution in [-0.4, -0.2) is 37.5 Å². The van der Waals surface area contributed by atoms with Crippen molar-refractivity contribution in [1.29, 1.82) is 0 Å². The van der Waals surface area contributed by atoms with Crippen molar-refractivity contribution in [2.24, 2.45) is 0 Å². The molecule has 1 unspecified atom stereocenters. The summed E-state index contributed by atoms with van der Waals surface area (Å²) in [5.74, 6) is -0.0873. The molecule has 0 spiro atoms. The van der Waals surface area contributed by atoms with E-state index in [2.05, 4.69) is 22.5 Å². The lowest BCUT2D eigenvalue weighted by Crippen LogP contribution is -2.38. The molecule has 0 fully saturated rings. The molecule has 2 aromatic carbocycles. The van der Waals surface area contributed by atoms with Crippen molar-refractivity contribution in [3.05, 3.63) is 59.1 Å². The SMILES string of the molecule is CC(CNC(=O)c1ccccc1Nc1ccc(Cl)cc1)N(C)C. The van der Waals surface area contributed by atoms with Gasteiger partial charge < -0.3 is 15.5 Å². The lowest BCUT2D eigenvalue weighted by Gasteiger charge is -2.20. The van der Waals surface area contributed by atoms with Crippen LogP contribution < -0.4 is 10.6 Å². The first-order chi connectivity index (χ1) is 11.0. The van der Waals surface area contributed by atoms with Crippen LogP contribution >= 0.6 is 11.6 Å². The second-order valence-electron chi connectivity index (χ2n) is 5.70. The molecule has 2 rings (SSSR count). The maximum atomic E-state index is 12.4. The smallest absolute Gasteiger partial charge is 0.253 e. The molecular formula is C18H22ClN3O. The zero-order valence-electron chi connectivity index (χ0n) is 13.6. The number of anilines is 2. The minimum Gasteiger partial charge on any atom is -0.355 e. The summed E-state index contributed by atoms with van der Waals surface area (Å²) < 4.78 is 0. The molecule has 23 heavy (non-hydrogen) atoms. The lowest BCUT2D eigenvalue weighted by atomic mass is 10.1. The van der Waals surface area contributed by atoms with Crippen molar-refractivity contribution < 1.29 is 4.79 Å². The van der Waals surface area contributed by atoms with E-state index in [9.17, 15) is 4.79 Å². The Labute approximate surface area is 142 Å². The molecule has 0 saturated carbocycles. The third kappa shape index (κ3) is 4.98. The Morgan fingerprint density at radius 3 is 2.43 bits per heavy atom. The summed E-state index contributed by atoms with van der Waals surface area (Å²) in [7, 11) is 3.99. The van der Waals surface area contributed by atoms with Crippen molar-refractivity contribution in [2.45, 2.75) is 13.0 Å². The Hall–Kier alpha value is -2.04. The molecule has 0 aliphatic heterocycles. The van der Waals surface area contributed by atoms with Crippen LogP contribution in [0.4, 0.5) is 11.4 Å². The normalized spacial score (nSPS) is 12.0. The van der Waals surface area contributed by atoms with Gasteiger partial charge in [-0.2, -0.15) is 0 Å². The highest BCUT2D eigenvalue weighted by Crippen LogP contribution is 2.22. The fourth-order valence-corrected chi connectivity index (χ4v) is 2.12. The predicted molar refractivity (Wildman–Crippen MR) is 96.7 cm³/mol. The molecule has 0 radical (unpaired) electrons. The van der Waals surface area contributed by atoms with Gasteiger partial charge in [0.25, 0.3) is 5.91 Å². The van der Waals surface area contributed by atoms with Crippen molar-refractivity contribution in [1.82, 2.24) is 10.2 Å². The molecular weight excluding hydrogens is 310 g/mol. The predicted octanol–water partition coefficient (Wildman–Crippen LogP) is 3.76. The quantitative estimate of drug-likeness (QED) is 0.847. The summed E-state index contributed by atoms with van der Waals surface area (Å²) in [5.41, 5.74) is 2.27. The van der Waals surface area contributed by atoms with Gasteiger partial charge in [-0.15, -0.1) is 0 Å². The highest BCUT2D eigenvalue weighted by atomic mass is 35.5. The van der Waals surface area contributed by atoms with Crippen LogP contribution in [0.2, 0.25) is 5.02 Å². The van der Waals surface area contributed by atoms with Crippen molar-refractivity contribution in [3.8, 4) is 0 Å². The molecule has 0 bridgehead atoms. The molecule has 2 aromatic rings. The summed E-state index contributed by atoms with van der Waals surface area (Å²) in [6.07, 6.45) is 0. The topological polar surface area (TPSA) is 44.4 Å². The van der Waals surface area contributed by atoms with Crippen LogP contribution in [0.25, 0.3) is 0 Å². The van der Waals surface area contributed by atoms with Gasteiger partial charge in [0, 0.05) is 23.3 Å². The summed E-state index contributed by atoms with van der Waals surface area (Å²) in [5, 5.41) is 6.91. The van der Waals surface area contributed by atoms with Gasteiger partial charge in [-0.05, 0) is 57.4 Å². The van der Waals surface area contributed by atoms with Gasteiger partial charge >= 0.3 is 0 Å². The standard InChI is InChI=1S/C18H22ClN3O/c1-13(22(2)3)12-20-18(23)16-6-4-5-7-17(16)21-15-10-8-14(19)9-11-15/h4-11,13,21H,12H2,1-3H3,(H,20,23). The van der Waals surface area contributed by atoms with Gasteiger partial charge in [-0.1, -0.05) is 23.7 Å². The van der Waals surface area contributed by atoms with Gasteiger partial charge in [-0.25, -0.2) is 0 Å². The van der Waals surface area contributed by atoms with E-state index in [1.54, 1.807) is 0 Å². The molecule has 0 aliphatic carbocycles. The van der Waals surface area contributed by atoms with Gasteiger partial charge in [-0.3, -0.25) is 4.79 Å². The minimum absolute atomic E-state index is 0.0873. The van der Waals surface area contributed by atoms with E-state index in [0.29, 0.717) is 17.1 Å². The maximum Gasteiger partial charge on any atom is 0.253 e. The molecule has 0 aliphatic rings. The lowest BCUT2D eigenvalue weighted by molar-refractivity contribution is 0.0944. The number of benzene rings is 2. The molecule has 1 amide bonds. The molecule has 4 nitrogen and oxygen atoms in total. The zero-order valence-corrected chi connectivity index (χ0v) is 14.4. The third-order valence-corrected chi connectivity index (χ3v) is 3.99. The largest absolute Gasteiger partial charge is 0.355 e. The highest BCUT2D eigenvalue weighted by molar-refractivity contribution is 6.30. The molecule has 0 aromatic heterocycles. The monoisotopic (exact) mass is 331 g/mol. The average molecular weight is 332 g/mol. The van der Waals surface area contributed by atoms with Crippen molar-refractivity contribution in [2.75, 3.05) is 26.0 Å². The summed E-state index contributed by atoms with van der Waals surface area (Å²) in [4.78, 5) is 14.5. The van der Waals surface area contributed by atoms with Gasteiger partial charge in [0.15, 0.2) is 0 Å². The first-order valence-electron chi connectivity index (χ1n) is 7.53. The number of amides is 1. The Balaban J connectivity index is 2.10. The number of rotatable bonds is 6. The number of carbonyl (C=O) groups is 1. The second kappa shape index (κ2) is 7.99. The van der Waals surface area contributed by atoms with Crippen LogP contribution in [0.3, 0.4) is 0 Å². The number of nitrogens with zero attached hydrogens (tertiary/aromatic N) is 1. The van der Waals surface area contributed by atoms with Gasteiger partial charge in [0.05, 0.1) is 11.3 Å². The van der Waals surface area contributed by atoms with E-state index in [4.69, 9.17) is 11.6 Å². The first kappa shape index (κ1) is 17.3. The van der Waals surface area contributed by atoms with E-state index in [1.807, 2.05) is 62.6 Å². The van der Waals surface area contributed by atoms with Crippen LogP contribution in [0, 0.1) is 0 Å². The van der Waals surface area contributed by atoms with Gasteiger partial charge in [0.2, 0.25) is 0 Å². The molecule has 0 saturated heterocycles. The number of para-hydroxylation sites is 1. The van der Waals surface area contributed by atoms with Crippen LogP contribution in [0.1, 0.15) is 17.3 Å². The average Bonchev–Trinajstić information content (AvgIpc) is 2.54. The first-order valence-corrected chi connectivity index (χ1v) is 7.91. The van der Waals surface area contributed by atoms with E-state index in [-0.39, 0.29) is 11.9 Å². The number of halogens is 1. The zero-order chi connectivity index (χ0) is 16.8. The van der Waals surface area contributed by atoms with Crippen LogP contribution in [0.5, 0.6) is 0 Å². The minimum atomic E-state index is -0.0873. The van der Waals surface area contributed by atoms with E-state index < -0.39 is 0 Å². The fourth-order valence-electron chi connectivity index (χ4n) is 2.00. The number of carbonyl (C=O) groups excluding carboxylic acids is 1. The number of hydrogen-bond acceptors (Lipinski definition) is 3. The molecule has 2 N–H and O–H groups in total.